The number of rotatable bonds is 6. The quantitative estimate of drug-likeness (QED) is 0.811. The topological polar surface area (TPSA) is 52.7 Å². The van der Waals surface area contributed by atoms with E-state index in [1.165, 1.54) is 0 Å². The summed E-state index contributed by atoms with van der Waals surface area (Å²) in [6.07, 6.45) is 5.09. The molecule has 0 aromatic heterocycles. The first-order chi connectivity index (χ1) is 9.97. The van der Waals surface area contributed by atoms with Gasteiger partial charge in [-0.3, -0.25) is 0 Å². The SMILES string of the molecule is CCC1(CC)CCN(S(=O)(=O)N2CCC(CNC)CC2)C1. The highest BCUT2D eigenvalue weighted by molar-refractivity contribution is 7.86. The van der Waals surface area contributed by atoms with Crippen LogP contribution in [0.4, 0.5) is 0 Å². The lowest BCUT2D eigenvalue weighted by Crippen LogP contribution is -2.47. The lowest BCUT2D eigenvalue weighted by Gasteiger charge is -2.34. The largest absolute Gasteiger partial charge is 0.319 e. The molecule has 0 amide bonds. The van der Waals surface area contributed by atoms with Crippen molar-refractivity contribution in [3.05, 3.63) is 0 Å². The Morgan fingerprint density at radius 3 is 2.19 bits per heavy atom. The third-order valence-electron chi connectivity index (χ3n) is 5.62. The standard InChI is InChI=1S/C15H31N3O2S/c1-4-15(5-2)8-11-18(13-15)21(19,20)17-9-6-14(7-10-17)12-16-3/h14,16H,4-13H2,1-3H3. The number of piperidine rings is 1. The molecule has 2 saturated heterocycles. The summed E-state index contributed by atoms with van der Waals surface area (Å²) >= 11 is 0. The Morgan fingerprint density at radius 2 is 1.71 bits per heavy atom. The van der Waals surface area contributed by atoms with Crippen LogP contribution in [0.25, 0.3) is 0 Å². The van der Waals surface area contributed by atoms with Crippen molar-refractivity contribution < 1.29 is 8.42 Å². The Balaban J connectivity index is 1.97. The van der Waals surface area contributed by atoms with Crippen molar-refractivity contribution in [2.45, 2.75) is 46.0 Å². The number of hydrogen-bond acceptors (Lipinski definition) is 3. The van der Waals surface area contributed by atoms with Crippen LogP contribution in [0, 0.1) is 11.3 Å². The van der Waals surface area contributed by atoms with E-state index in [0.717, 1.165) is 38.6 Å². The highest BCUT2D eigenvalue weighted by Gasteiger charge is 2.42. The predicted molar refractivity (Wildman–Crippen MR) is 86.3 cm³/mol. The molecule has 2 aliphatic rings. The van der Waals surface area contributed by atoms with E-state index >= 15 is 0 Å². The van der Waals surface area contributed by atoms with Crippen molar-refractivity contribution in [1.29, 1.82) is 0 Å². The van der Waals surface area contributed by atoms with Crippen LogP contribution in [0.5, 0.6) is 0 Å². The molecule has 0 aromatic rings. The van der Waals surface area contributed by atoms with Crippen molar-refractivity contribution in [1.82, 2.24) is 13.9 Å². The second kappa shape index (κ2) is 6.94. The molecule has 21 heavy (non-hydrogen) atoms. The first-order valence-electron chi connectivity index (χ1n) is 8.37. The van der Waals surface area contributed by atoms with Crippen LogP contribution in [0.3, 0.4) is 0 Å². The third kappa shape index (κ3) is 3.60. The van der Waals surface area contributed by atoms with Crippen LogP contribution in [-0.4, -0.2) is 56.8 Å². The summed E-state index contributed by atoms with van der Waals surface area (Å²) in [5.74, 6) is 0.616. The molecule has 0 saturated carbocycles. The summed E-state index contributed by atoms with van der Waals surface area (Å²) in [6, 6.07) is 0. The molecule has 2 fully saturated rings. The molecule has 2 heterocycles. The second-order valence-corrected chi connectivity index (χ2v) is 8.63. The highest BCUT2D eigenvalue weighted by atomic mass is 32.2. The minimum Gasteiger partial charge on any atom is -0.319 e. The van der Waals surface area contributed by atoms with Gasteiger partial charge in [-0.25, -0.2) is 0 Å². The molecule has 2 aliphatic heterocycles. The van der Waals surface area contributed by atoms with E-state index in [4.69, 9.17) is 0 Å². The maximum atomic E-state index is 12.8. The maximum Gasteiger partial charge on any atom is 0.281 e. The lowest BCUT2D eigenvalue weighted by molar-refractivity contribution is 0.244. The van der Waals surface area contributed by atoms with Gasteiger partial charge in [-0.2, -0.15) is 17.0 Å². The van der Waals surface area contributed by atoms with E-state index in [9.17, 15) is 8.42 Å². The van der Waals surface area contributed by atoms with E-state index in [1.807, 2.05) is 7.05 Å². The Labute approximate surface area is 130 Å². The van der Waals surface area contributed by atoms with Gasteiger partial charge in [0.1, 0.15) is 0 Å². The average Bonchev–Trinajstić information content (AvgIpc) is 2.94. The van der Waals surface area contributed by atoms with Gasteiger partial charge >= 0.3 is 0 Å². The third-order valence-corrected chi connectivity index (χ3v) is 7.60. The first kappa shape index (κ1) is 17.2. The summed E-state index contributed by atoms with van der Waals surface area (Å²) in [5.41, 5.74) is 0.206. The second-order valence-electron chi connectivity index (χ2n) is 6.70. The van der Waals surface area contributed by atoms with Gasteiger partial charge in [-0.15, -0.1) is 0 Å². The predicted octanol–water partition coefficient (Wildman–Crippen LogP) is 1.67. The van der Waals surface area contributed by atoms with Gasteiger partial charge in [-0.1, -0.05) is 13.8 Å². The van der Waals surface area contributed by atoms with Crippen molar-refractivity contribution in [3.63, 3.8) is 0 Å². The number of hydrogen-bond donors (Lipinski definition) is 1. The molecule has 0 unspecified atom stereocenters. The van der Waals surface area contributed by atoms with Gasteiger partial charge in [0.05, 0.1) is 0 Å². The molecule has 124 valence electrons. The van der Waals surface area contributed by atoms with Gasteiger partial charge in [0, 0.05) is 26.2 Å². The lowest BCUT2D eigenvalue weighted by atomic mass is 9.82. The van der Waals surface area contributed by atoms with Crippen LogP contribution in [0.2, 0.25) is 0 Å². The fraction of sp³-hybridized carbons (Fsp3) is 1.00. The normalized spacial score (nSPS) is 25.5. The van der Waals surface area contributed by atoms with Crippen molar-refractivity contribution in [2.75, 3.05) is 39.8 Å². The van der Waals surface area contributed by atoms with Crippen LogP contribution < -0.4 is 5.32 Å². The van der Waals surface area contributed by atoms with Crippen molar-refractivity contribution in [2.24, 2.45) is 11.3 Å². The zero-order chi connectivity index (χ0) is 15.5. The highest BCUT2D eigenvalue weighted by Crippen LogP contribution is 2.39. The first-order valence-corrected chi connectivity index (χ1v) is 9.77. The number of nitrogens with one attached hydrogen (secondary N) is 1. The van der Waals surface area contributed by atoms with Crippen LogP contribution >= 0.6 is 0 Å². The molecule has 1 N–H and O–H groups in total. The molecule has 5 nitrogen and oxygen atoms in total. The summed E-state index contributed by atoms with van der Waals surface area (Å²) in [7, 11) is -1.28. The van der Waals surface area contributed by atoms with Crippen LogP contribution in [0.15, 0.2) is 0 Å². The molecule has 2 rings (SSSR count). The molecule has 0 bridgehead atoms. The smallest absolute Gasteiger partial charge is 0.281 e. The summed E-state index contributed by atoms with van der Waals surface area (Å²) in [5, 5.41) is 3.19. The molecule has 0 aliphatic carbocycles. The van der Waals surface area contributed by atoms with E-state index in [-0.39, 0.29) is 5.41 Å². The van der Waals surface area contributed by atoms with Crippen molar-refractivity contribution in [3.8, 4) is 0 Å². The molecule has 0 atom stereocenters. The van der Waals surface area contributed by atoms with Crippen LogP contribution in [-0.2, 0) is 10.2 Å². The Hall–Kier alpha value is -0.170. The van der Waals surface area contributed by atoms with Gasteiger partial charge < -0.3 is 5.32 Å². The summed E-state index contributed by atoms with van der Waals surface area (Å²) in [6.45, 7) is 8.12. The molecule has 0 radical (unpaired) electrons. The molecular formula is C15H31N3O2S. The number of nitrogens with zero attached hydrogens (tertiary/aromatic N) is 2. The van der Waals surface area contributed by atoms with E-state index in [1.54, 1.807) is 8.61 Å². The monoisotopic (exact) mass is 317 g/mol. The van der Waals surface area contributed by atoms with Gasteiger partial charge in [0.25, 0.3) is 10.2 Å². The average molecular weight is 317 g/mol. The van der Waals surface area contributed by atoms with Crippen LogP contribution in [0.1, 0.15) is 46.0 Å². The molecular weight excluding hydrogens is 286 g/mol. The molecule has 0 spiro atoms. The molecule has 0 aromatic carbocycles. The van der Waals surface area contributed by atoms with Gasteiger partial charge in [-0.05, 0) is 57.0 Å². The van der Waals surface area contributed by atoms with Gasteiger partial charge in [0.15, 0.2) is 0 Å². The minimum absolute atomic E-state index is 0.206. The maximum absolute atomic E-state index is 12.8. The Bertz CT molecular complexity index is 426. The fourth-order valence-corrected chi connectivity index (χ4v) is 5.47. The van der Waals surface area contributed by atoms with Gasteiger partial charge in [0.2, 0.25) is 0 Å². The fourth-order valence-electron chi connectivity index (χ4n) is 3.71. The van der Waals surface area contributed by atoms with Crippen molar-refractivity contribution >= 4 is 10.2 Å². The zero-order valence-electron chi connectivity index (χ0n) is 13.8. The zero-order valence-corrected chi connectivity index (χ0v) is 14.6. The van der Waals surface area contributed by atoms with E-state index < -0.39 is 10.2 Å². The van der Waals surface area contributed by atoms with E-state index in [2.05, 4.69) is 19.2 Å². The Kier molecular flexibility index (Phi) is 5.68. The Morgan fingerprint density at radius 1 is 1.10 bits per heavy atom. The molecule has 6 heteroatoms. The van der Waals surface area contributed by atoms with E-state index in [0.29, 0.717) is 32.1 Å². The minimum atomic E-state index is -3.25. The summed E-state index contributed by atoms with van der Waals surface area (Å²) in [4.78, 5) is 0. The summed E-state index contributed by atoms with van der Waals surface area (Å²) < 4.78 is 29.1.